The molecule has 26 heavy (non-hydrogen) atoms. The molecule has 2 aliphatic rings. The summed E-state index contributed by atoms with van der Waals surface area (Å²) >= 11 is 0. The minimum absolute atomic E-state index is 0.0599. The lowest BCUT2D eigenvalue weighted by atomic mass is 9.96. The summed E-state index contributed by atoms with van der Waals surface area (Å²) in [5.41, 5.74) is 0.659. The van der Waals surface area contributed by atoms with Crippen LogP contribution in [0.4, 0.5) is 0 Å². The normalized spacial score (nSPS) is 21.0. The number of piperidine rings is 1. The second-order valence-electron chi connectivity index (χ2n) is 6.86. The van der Waals surface area contributed by atoms with Crippen molar-refractivity contribution in [3.8, 4) is 5.75 Å². The number of carbonyl (C=O) groups excluding carboxylic acids is 2. The molecule has 0 aliphatic carbocycles. The van der Waals surface area contributed by atoms with Gasteiger partial charge < -0.3 is 19.1 Å². The van der Waals surface area contributed by atoms with Gasteiger partial charge in [-0.3, -0.25) is 9.59 Å². The molecule has 2 fully saturated rings. The van der Waals surface area contributed by atoms with Gasteiger partial charge >= 0.3 is 0 Å². The number of benzene rings is 1. The number of rotatable bonds is 7. The molecule has 0 saturated carbocycles. The van der Waals surface area contributed by atoms with Gasteiger partial charge in [0.15, 0.2) is 12.1 Å². The van der Waals surface area contributed by atoms with Crippen LogP contribution >= 0.6 is 0 Å². The van der Waals surface area contributed by atoms with Crippen molar-refractivity contribution in [2.75, 3.05) is 33.4 Å². The number of nitrogens with zero attached hydrogens (tertiary/aromatic N) is 1. The third-order valence-corrected chi connectivity index (χ3v) is 5.05. The van der Waals surface area contributed by atoms with Crippen LogP contribution in [0.5, 0.6) is 5.75 Å². The molecule has 6 nitrogen and oxygen atoms in total. The number of hydrogen-bond acceptors (Lipinski definition) is 5. The fourth-order valence-electron chi connectivity index (χ4n) is 3.59. The first-order valence-corrected chi connectivity index (χ1v) is 9.35. The van der Waals surface area contributed by atoms with E-state index in [0.29, 0.717) is 44.6 Å². The summed E-state index contributed by atoms with van der Waals surface area (Å²) in [6.07, 6.45) is 3.20. The van der Waals surface area contributed by atoms with Gasteiger partial charge in [-0.2, -0.15) is 0 Å². The number of ether oxygens (including phenoxy) is 3. The molecule has 142 valence electrons. The molecular weight excluding hydrogens is 334 g/mol. The summed E-state index contributed by atoms with van der Waals surface area (Å²) in [6, 6.07) is 7.08. The molecule has 0 bridgehead atoms. The van der Waals surface area contributed by atoms with E-state index in [1.807, 2.05) is 4.90 Å². The van der Waals surface area contributed by atoms with Gasteiger partial charge in [0.25, 0.3) is 0 Å². The number of ketones is 1. The first-order valence-electron chi connectivity index (χ1n) is 9.35. The highest BCUT2D eigenvalue weighted by Gasteiger charge is 2.32. The predicted molar refractivity (Wildman–Crippen MR) is 96.2 cm³/mol. The van der Waals surface area contributed by atoms with Crippen LogP contribution in [-0.4, -0.2) is 56.3 Å². The van der Waals surface area contributed by atoms with Crippen LogP contribution in [0, 0.1) is 5.92 Å². The Morgan fingerprint density at radius 2 is 1.88 bits per heavy atom. The molecule has 1 aromatic carbocycles. The Hall–Kier alpha value is -1.92. The summed E-state index contributed by atoms with van der Waals surface area (Å²) in [5.74, 6) is 1.17. The molecule has 2 heterocycles. The standard InChI is InChI=1S/C20H27NO5/c1-24-17-9-7-15(8-10-17)18(22)5-2-6-19(23)21-11-3-4-16(14-21)20-25-12-13-26-20/h7-10,16,20H,2-6,11-14H2,1H3. The highest BCUT2D eigenvalue weighted by molar-refractivity contribution is 5.96. The van der Waals surface area contributed by atoms with Crippen molar-refractivity contribution in [2.45, 2.75) is 38.4 Å². The van der Waals surface area contributed by atoms with Crippen LogP contribution in [0.2, 0.25) is 0 Å². The van der Waals surface area contributed by atoms with Gasteiger partial charge in [-0.15, -0.1) is 0 Å². The molecule has 0 aromatic heterocycles. The second-order valence-corrected chi connectivity index (χ2v) is 6.86. The minimum atomic E-state index is -0.165. The number of hydrogen-bond donors (Lipinski definition) is 0. The Bertz CT molecular complexity index is 609. The lowest BCUT2D eigenvalue weighted by molar-refractivity contribution is -0.139. The predicted octanol–water partition coefficient (Wildman–Crippen LogP) is 2.66. The van der Waals surface area contributed by atoms with Gasteiger partial charge in [-0.25, -0.2) is 0 Å². The van der Waals surface area contributed by atoms with E-state index in [-0.39, 0.29) is 23.9 Å². The SMILES string of the molecule is COc1ccc(C(=O)CCCC(=O)N2CCCC(C3OCCO3)C2)cc1. The van der Waals surface area contributed by atoms with Crippen LogP contribution in [-0.2, 0) is 14.3 Å². The molecule has 2 aliphatic heterocycles. The maximum absolute atomic E-state index is 12.5. The van der Waals surface area contributed by atoms with Gasteiger partial charge in [0.2, 0.25) is 5.91 Å². The van der Waals surface area contributed by atoms with E-state index in [1.165, 1.54) is 0 Å². The highest BCUT2D eigenvalue weighted by Crippen LogP contribution is 2.25. The Morgan fingerprint density at radius 1 is 1.15 bits per heavy atom. The Kier molecular flexibility index (Phi) is 6.63. The number of carbonyl (C=O) groups is 2. The minimum Gasteiger partial charge on any atom is -0.497 e. The Labute approximate surface area is 154 Å². The van der Waals surface area contributed by atoms with E-state index >= 15 is 0 Å². The third kappa shape index (κ3) is 4.83. The molecule has 3 rings (SSSR count). The smallest absolute Gasteiger partial charge is 0.222 e. The van der Waals surface area contributed by atoms with E-state index in [2.05, 4.69) is 0 Å². The number of likely N-dealkylation sites (tertiary alicyclic amines) is 1. The van der Waals surface area contributed by atoms with Gasteiger partial charge in [0, 0.05) is 37.4 Å². The average Bonchev–Trinajstić information content (AvgIpc) is 3.23. The summed E-state index contributed by atoms with van der Waals surface area (Å²) in [6.45, 7) is 2.76. The molecule has 1 unspecified atom stereocenters. The largest absolute Gasteiger partial charge is 0.497 e. The molecule has 6 heteroatoms. The van der Waals surface area contributed by atoms with E-state index in [9.17, 15) is 9.59 Å². The van der Waals surface area contributed by atoms with Crippen molar-refractivity contribution < 1.29 is 23.8 Å². The summed E-state index contributed by atoms with van der Waals surface area (Å²) < 4.78 is 16.3. The number of Topliss-reactive ketones (excluding diaryl/α,β-unsaturated/α-hetero) is 1. The second kappa shape index (κ2) is 9.14. The van der Waals surface area contributed by atoms with Gasteiger partial charge in [0.1, 0.15) is 5.75 Å². The van der Waals surface area contributed by atoms with Crippen molar-refractivity contribution in [1.82, 2.24) is 4.90 Å². The summed E-state index contributed by atoms with van der Waals surface area (Å²) in [5, 5.41) is 0. The molecule has 0 radical (unpaired) electrons. The third-order valence-electron chi connectivity index (χ3n) is 5.05. The summed E-state index contributed by atoms with van der Waals surface area (Å²) in [4.78, 5) is 26.6. The maximum Gasteiger partial charge on any atom is 0.222 e. The monoisotopic (exact) mass is 361 g/mol. The topological polar surface area (TPSA) is 65.1 Å². The molecular formula is C20H27NO5. The summed E-state index contributed by atoms with van der Waals surface area (Å²) in [7, 11) is 1.60. The van der Waals surface area contributed by atoms with Crippen molar-refractivity contribution in [2.24, 2.45) is 5.92 Å². The molecule has 1 amide bonds. The quantitative estimate of drug-likeness (QED) is 0.699. The van der Waals surface area contributed by atoms with Crippen molar-refractivity contribution in [3.63, 3.8) is 0 Å². The van der Waals surface area contributed by atoms with Crippen molar-refractivity contribution >= 4 is 11.7 Å². The Balaban J connectivity index is 1.42. The fraction of sp³-hybridized carbons (Fsp3) is 0.600. The average molecular weight is 361 g/mol. The van der Waals surface area contributed by atoms with E-state index in [4.69, 9.17) is 14.2 Å². The highest BCUT2D eigenvalue weighted by atomic mass is 16.7. The molecule has 2 saturated heterocycles. The van der Waals surface area contributed by atoms with Crippen LogP contribution in [0.25, 0.3) is 0 Å². The van der Waals surface area contributed by atoms with Crippen LogP contribution in [0.1, 0.15) is 42.5 Å². The first-order chi connectivity index (χ1) is 12.7. The van der Waals surface area contributed by atoms with Crippen LogP contribution in [0.3, 0.4) is 0 Å². The fourth-order valence-corrected chi connectivity index (χ4v) is 3.59. The maximum atomic E-state index is 12.5. The van der Waals surface area contributed by atoms with E-state index < -0.39 is 0 Å². The molecule has 1 atom stereocenters. The van der Waals surface area contributed by atoms with Crippen LogP contribution in [0.15, 0.2) is 24.3 Å². The van der Waals surface area contributed by atoms with Gasteiger partial charge in [0.05, 0.1) is 20.3 Å². The number of amides is 1. The molecule has 0 spiro atoms. The zero-order chi connectivity index (χ0) is 18.4. The molecule has 0 N–H and O–H groups in total. The van der Waals surface area contributed by atoms with Crippen molar-refractivity contribution in [1.29, 1.82) is 0 Å². The van der Waals surface area contributed by atoms with Gasteiger partial charge in [-0.05, 0) is 43.5 Å². The number of methoxy groups -OCH3 is 1. The lowest BCUT2D eigenvalue weighted by Crippen LogP contribution is -2.43. The zero-order valence-electron chi connectivity index (χ0n) is 15.3. The van der Waals surface area contributed by atoms with E-state index in [1.54, 1.807) is 31.4 Å². The van der Waals surface area contributed by atoms with Crippen molar-refractivity contribution in [3.05, 3.63) is 29.8 Å². The van der Waals surface area contributed by atoms with Crippen LogP contribution < -0.4 is 4.74 Å². The molecule has 1 aromatic rings. The zero-order valence-corrected chi connectivity index (χ0v) is 15.3. The van der Waals surface area contributed by atoms with Gasteiger partial charge in [-0.1, -0.05) is 0 Å². The lowest BCUT2D eigenvalue weighted by Gasteiger charge is -2.34. The first kappa shape index (κ1) is 18.9. The van der Waals surface area contributed by atoms with E-state index in [0.717, 1.165) is 25.1 Å². The Morgan fingerprint density at radius 3 is 2.58 bits per heavy atom.